The van der Waals surface area contributed by atoms with E-state index in [1.54, 1.807) is 6.26 Å². The Morgan fingerprint density at radius 3 is 2.88 bits per heavy atom. The van der Waals surface area contributed by atoms with Gasteiger partial charge in [-0.1, -0.05) is 30.3 Å². The number of rotatable bonds is 2. The molecule has 0 spiro atoms. The Morgan fingerprint density at radius 1 is 1.12 bits per heavy atom. The van der Waals surface area contributed by atoms with Crippen LogP contribution in [-0.4, -0.2) is 11.4 Å². The lowest BCUT2D eigenvalue weighted by Gasteiger charge is -2.25. The molecule has 0 aliphatic carbocycles. The Kier molecular flexibility index (Phi) is 2.50. The van der Waals surface area contributed by atoms with Crippen LogP contribution in [0.1, 0.15) is 16.9 Å². The van der Waals surface area contributed by atoms with Gasteiger partial charge in [-0.3, -0.25) is 4.90 Å². The second kappa shape index (κ2) is 4.14. The monoisotopic (exact) mass is 213 g/mol. The van der Waals surface area contributed by atoms with Crippen molar-refractivity contribution >= 4 is 0 Å². The molecule has 1 aromatic carbocycles. The van der Waals surface area contributed by atoms with Crippen LogP contribution in [0, 0.1) is 0 Å². The van der Waals surface area contributed by atoms with Crippen LogP contribution >= 0.6 is 0 Å². The first kappa shape index (κ1) is 9.67. The van der Waals surface area contributed by atoms with Crippen molar-refractivity contribution in [2.45, 2.75) is 19.5 Å². The third kappa shape index (κ3) is 1.89. The van der Waals surface area contributed by atoms with Crippen LogP contribution in [0.4, 0.5) is 0 Å². The summed E-state index contributed by atoms with van der Waals surface area (Å²) in [6.07, 6.45) is 2.91. The van der Waals surface area contributed by atoms with E-state index >= 15 is 0 Å². The summed E-state index contributed by atoms with van der Waals surface area (Å²) in [6, 6.07) is 12.7. The topological polar surface area (TPSA) is 16.4 Å². The highest BCUT2D eigenvalue weighted by Crippen LogP contribution is 2.21. The van der Waals surface area contributed by atoms with Gasteiger partial charge in [-0.2, -0.15) is 0 Å². The lowest BCUT2D eigenvalue weighted by atomic mass is 10.1. The first-order valence-corrected chi connectivity index (χ1v) is 5.73. The van der Waals surface area contributed by atoms with E-state index in [9.17, 15) is 0 Å². The van der Waals surface area contributed by atoms with Crippen LogP contribution in [-0.2, 0) is 19.5 Å². The van der Waals surface area contributed by atoms with Gasteiger partial charge in [0.2, 0.25) is 0 Å². The van der Waals surface area contributed by atoms with Gasteiger partial charge in [-0.05, 0) is 23.6 Å². The van der Waals surface area contributed by atoms with Gasteiger partial charge in [-0.25, -0.2) is 0 Å². The average molecular weight is 213 g/mol. The predicted octanol–water partition coefficient (Wildman–Crippen LogP) is 2.84. The molecular weight excluding hydrogens is 198 g/mol. The number of fused-ring (bicyclic) bond motifs is 1. The van der Waals surface area contributed by atoms with Crippen molar-refractivity contribution in [1.29, 1.82) is 0 Å². The number of benzene rings is 1. The predicted molar refractivity (Wildman–Crippen MR) is 63.0 cm³/mol. The van der Waals surface area contributed by atoms with Crippen molar-refractivity contribution in [1.82, 2.24) is 4.90 Å². The van der Waals surface area contributed by atoms with Gasteiger partial charge in [0.1, 0.15) is 5.76 Å². The minimum absolute atomic E-state index is 0.942. The summed E-state index contributed by atoms with van der Waals surface area (Å²) in [5, 5.41) is 0. The zero-order valence-electron chi connectivity index (χ0n) is 9.23. The molecule has 2 aromatic rings. The van der Waals surface area contributed by atoms with Crippen molar-refractivity contribution in [3.05, 3.63) is 59.5 Å². The van der Waals surface area contributed by atoms with Gasteiger partial charge in [0.15, 0.2) is 0 Å². The molecule has 1 aliphatic rings. The molecule has 0 N–H and O–H groups in total. The van der Waals surface area contributed by atoms with Gasteiger partial charge in [0.25, 0.3) is 0 Å². The molecule has 0 amide bonds. The minimum atomic E-state index is 0.942. The summed E-state index contributed by atoms with van der Waals surface area (Å²) < 4.78 is 5.48. The molecule has 2 heteroatoms. The zero-order chi connectivity index (χ0) is 10.8. The number of furan rings is 1. The van der Waals surface area contributed by atoms with Crippen molar-refractivity contribution in [2.75, 3.05) is 6.54 Å². The fourth-order valence-electron chi connectivity index (χ4n) is 2.27. The molecule has 0 unspecified atom stereocenters. The van der Waals surface area contributed by atoms with Crippen molar-refractivity contribution in [2.24, 2.45) is 0 Å². The SMILES string of the molecule is c1ccc(CN2CCc3ccoc3C2)cc1. The fraction of sp³-hybridized carbons (Fsp3) is 0.286. The number of nitrogens with zero attached hydrogens (tertiary/aromatic N) is 1. The standard InChI is InChI=1S/C14H15NO/c1-2-4-12(5-3-1)10-15-8-6-13-7-9-16-14(13)11-15/h1-5,7,9H,6,8,10-11H2. The summed E-state index contributed by atoms with van der Waals surface area (Å²) in [6.45, 7) is 3.08. The van der Waals surface area contributed by atoms with Gasteiger partial charge in [0, 0.05) is 13.1 Å². The molecule has 1 aliphatic heterocycles. The van der Waals surface area contributed by atoms with E-state index in [2.05, 4.69) is 41.3 Å². The van der Waals surface area contributed by atoms with Crippen molar-refractivity contribution in [3.8, 4) is 0 Å². The third-order valence-electron chi connectivity index (χ3n) is 3.15. The van der Waals surface area contributed by atoms with Crippen molar-refractivity contribution in [3.63, 3.8) is 0 Å². The molecule has 0 atom stereocenters. The van der Waals surface area contributed by atoms with Gasteiger partial charge in [-0.15, -0.1) is 0 Å². The van der Waals surface area contributed by atoms with E-state index in [1.165, 1.54) is 11.1 Å². The Hall–Kier alpha value is -1.54. The molecule has 0 saturated heterocycles. The third-order valence-corrected chi connectivity index (χ3v) is 3.15. The maximum absolute atomic E-state index is 5.48. The number of hydrogen-bond donors (Lipinski definition) is 0. The molecule has 3 rings (SSSR count). The molecule has 1 aromatic heterocycles. The number of hydrogen-bond acceptors (Lipinski definition) is 2. The Morgan fingerprint density at radius 2 is 2.00 bits per heavy atom. The normalized spacial score (nSPS) is 16.0. The maximum atomic E-state index is 5.48. The van der Waals surface area contributed by atoms with Crippen molar-refractivity contribution < 1.29 is 4.42 Å². The van der Waals surface area contributed by atoms with Crippen LogP contribution in [0.25, 0.3) is 0 Å². The molecule has 82 valence electrons. The molecule has 0 bridgehead atoms. The van der Waals surface area contributed by atoms with Gasteiger partial charge >= 0.3 is 0 Å². The second-order valence-electron chi connectivity index (χ2n) is 4.32. The summed E-state index contributed by atoms with van der Waals surface area (Å²) in [5.41, 5.74) is 2.75. The highest BCUT2D eigenvalue weighted by Gasteiger charge is 2.18. The lowest BCUT2D eigenvalue weighted by molar-refractivity contribution is 0.221. The molecule has 2 nitrogen and oxygen atoms in total. The zero-order valence-corrected chi connectivity index (χ0v) is 9.23. The summed E-state index contributed by atoms with van der Waals surface area (Å²) in [4.78, 5) is 2.43. The Balaban J connectivity index is 1.71. The van der Waals surface area contributed by atoms with Gasteiger partial charge < -0.3 is 4.42 Å². The second-order valence-corrected chi connectivity index (χ2v) is 4.32. The summed E-state index contributed by atoms with van der Waals surface area (Å²) in [5.74, 6) is 1.14. The largest absolute Gasteiger partial charge is 0.468 e. The van der Waals surface area contributed by atoms with Crippen LogP contribution in [0.5, 0.6) is 0 Å². The molecule has 0 radical (unpaired) electrons. The molecular formula is C14H15NO. The van der Waals surface area contributed by atoms with E-state index < -0.39 is 0 Å². The molecule has 16 heavy (non-hydrogen) atoms. The minimum Gasteiger partial charge on any atom is -0.468 e. The van der Waals surface area contributed by atoms with Gasteiger partial charge in [0.05, 0.1) is 12.8 Å². The maximum Gasteiger partial charge on any atom is 0.120 e. The Labute approximate surface area is 95.5 Å². The average Bonchev–Trinajstić information content (AvgIpc) is 2.77. The molecule has 0 saturated carbocycles. The quantitative estimate of drug-likeness (QED) is 0.762. The van der Waals surface area contributed by atoms with Crippen LogP contribution in [0.2, 0.25) is 0 Å². The molecule has 0 fully saturated rings. The lowest BCUT2D eigenvalue weighted by Crippen LogP contribution is -2.29. The van der Waals surface area contributed by atoms with E-state index in [0.717, 1.165) is 31.8 Å². The van der Waals surface area contributed by atoms with Crippen LogP contribution in [0.15, 0.2) is 47.1 Å². The smallest absolute Gasteiger partial charge is 0.120 e. The van der Waals surface area contributed by atoms with E-state index in [4.69, 9.17) is 4.42 Å². The fourth-order valence-corrected chi connectivity index (χ4v) is 2.27. The van der Waals surface area contributed by atoms with E-state index in [1.807, 2.05) is 0 Å². The summed E-state index contributed by atoms with van der Waals surface area (Å²) >= 11 is 0. The first-order chi connectivity index (χ1) is 7.92. The molecule has 2 heterocycles. The van der Waals surface area contributed by atoms with E-state index in [0.29, 0.717) is 0 Å². The summed E-state index contributed by atoms with van der Waals surface area (Å²) in [7, 11) is 0. The van der Waals surface area contributed by atoms with Crippen LogP contribution in [0.3, 0.4) is 0 Å². The Bertz CT molecular complexity index is 461. The first-order valence-electron chi connectivity index (χ1n) is 5.73. The van der Waals surface area contributed by atoms with E-state index in [-0.39, 0.29) is 0 Å². The highest BCUT2D eigenvalue weighted by atomic mass is 16.3. The van der Waals surface area contributed by atoms with Crippen LogP contribution < -0.4 is 0 Å². The highest BCUT2D eigenvalue weighted by molar-refractivity contribution is 5.21.